The van der Waals surface area contributed by atoms with E-state index in [-0.39, 0.29) is 16.7 Å². The molecule has 8 heteroatoms. The smallest absolute Gasteiger partial charge is 0.341 e. The summed E-state index contributed by atoms with van der Waals surface area (Å²) in [4.78, 5) is 23.1. The third-order valence-corrected chi connectivity index (χ3v) is 2.95. The van der Waals surface area contributed by atoms with Crippen molar-refractivity contribution < 1.29 is 23.2 Å². The van der Waals surface area contributed by atoms with Crippen LogP contribution in [0.4, 0.5) is 8.78 Å². The lowest BCUT2D eigenvalue weighted by molar-refractivity contribution is 0.0695. The van der Waals surface area contributed by atoms with Gasteiger partial charge in [0.05, 0.1) is 10.9 Å². The predicted octanol–water partition coefficient (Wildman–Crippen LogP) is 1.96. The summed E-state index contributed by atoms with van der Waals surface area (Å²) >= 11 is 0. The molecule has 0 radical (unpaired) electrons. The first-order valence-electron chi connectivity index (χ1n) is 5.67. The van der Waals surface area contributed by atoms with Crippen LogP contribution < -0.4 is 5.43 Å². The monoisotopic (exact) mass is 292 g/mol. The minimum Gasteiger partial charge on any atom is -0.477 e. The van der Waals surface area contributed by atoms with E-state index < -0.39 is 28.6 Å². The molecule has 0 atom stereocenters. The SMILES string of the molecule is O=C(O)c1cn(-c2ccon2)c2cc(F)c(F)cc2c1=O. The van der Waals surface area contributed by atoms with Crippen LogP contribution in [0.2, 0.25) is 0 Å². The third kappa shape index (κ3) is 1.97. The lowest BCUT2D eigenvalue weighted by Gasteiger charge is -2.09. The van der Waals surface area contributed by atoms with Crippen LogP contribution in [0.25, 0.3) is 16.7 Å². The Bertz CT molecular complexity index is 916. The second kappa shape index (κ2) is 4.51. The molecular formula is C13H6F2N2O4. The molecule has 0 spiro atoms. The molecule has 2 aromatic heterocycles. The summed E-state index contributed by atoms with van der Waals surface area (Å²) in [6, 6.07) is 2.85. The van der Waals surface area contributed by atoms with Gasteiger partial charge in [-0.05, 0) is 6.07 Å². The van der Waals surface area contributed by atoms with E-state index in [1.54, 1.807) is 0 Å². The Hall–Kier alpha value is -3.03. The number of hydrogen-bond acceptors (Lipinski definition) is 4. The maximum atomic E-state index is 13.4. The van der Waals surface area contributed by atoms with Crippen LogP contribution >= 0.6 is 0 Å². The van der Waals surface area contributed by atoms with E-state index in [1.165, 1.54) is 12.3 Å². The molecule has 0 saturated heterocycles. The molecule has 106 valence electrons. The molecule has 0 bridgehead atoms. The van der Waals surface area contributed by atoms with E-state index in [2.05, 4.69) is 9.68 Å². The Morgan fingerprint density at radius 1 is 1.29 bits per heavy atom. The van der Waals surface area contributed by atoms with Gasteiger partial charge in [0.15, 0.2) is 17.5 Å². The zero-order chi connectivity index (χ0) is 15.1. The number of benzene rings is 1. The van der Waals surface area contributed by atoms with Crippen molar-refractivity contribution >= 4 is 16.9 Å². The van der Waals surface area contributed by atoms with Gasteiger partial charge < -0.3 is 9.63 Å². The minimum absolute atomic E-state index is 0.0159. The topological polar surface area (TPSA) is 85.3 Å². The quantitative estimate of drug-likeness (QED) is 0.780. The van der Waals surface area contributed by atoms with E-state index >= 15 is 0 Å². The van der Waals surface area contributed by atoms with Crippen molar-refractivity contribution in [2.75, 3.05) is 0 Å². The van der Waals surface area contributed by atoms with Crippen LogP contribution in [0, 0.1) is 11.6 Å². The molecule has 6 nitrogen and oxygen atoms in total. The second-order valence-corrected chi connectivity index (χ2v) is 4.19. The molecule has 3 rings (SSSR count). The number of carboxylic acid groups (broad SMARTS) is 1. The number of fused-ring (bicyclic) bond motifs is 1. The largest absolute Gasteiger partial charge is 0.477 e. The molecule has 0 unspecified atom stereocenters. The van der Waals surface area contributed by atoms with Crippen molar-refractivity contribution in [1.29, 1.82) is 0 Å². The third-order valence-electron chi connectivity index (χ3n) is 2.95. The van der Waals surface area contributed by atoms with Gasteiger partial charge >= 0.3 is 5.97 Å². The van der Waals surface area contributed by atoms with Gasteiger partial charge in [0.25, 0.3) is 0 Å². The van der Waals surface area contributed by atoms with Gasteiger partial charge in [-0.2, -0.15) is 0 Å². The summed E-state index contributed by atoms with van der Waals surface area (Å²) < 4.78 is 32.5. The molecule has 0 aliphatic carbocycles. The molecule has 0 amide bonds. The molecule has 0 aliphatic rings. The van der Waals surface area contributed by atoms with Crippen molar-refractivity contribution in [2.24, 2.45) is 0 Å². The number of carbonyl (C=O) groups is 1. The lowest BCUT2D eigenvalue weighted by Crippen LogP contribution is -2.19. The highest BCUT2D eigenvalue weighted by atomic mass is 19.2. The summed E-state index contributed by atoms with van der Waals surface area (Å²) in [6.07, 6.45) is 2.21. The summed E-state index contributed by atoms with van der Waals surface area (Å²) in [5, 5.41) is 12.4. The number of aromatic nitrogens is 2. The maximum absolute atomic E-state index is 13.4. The van der Waals surface area contributed by atoms with E-state index in [0.29, 0.717) is 6.07 Å². The van der Waals surface area contributed by atoms with Crippen LogP contribution in [-0.4, -0.2) is 20.8 Å². The Kier molecular flexibility index (Phi) is 2.79. The fourth-order valence-corrected chi connectivity index (χ4v) is 1.99. The van der Waals surface area contributed by atoms with Crippen molar-refractivity contribution in [3.05, 3.63) is 58.1 Å². The maximum Gasteiger partial charge on any atom is 0.341 e. The van der Waals surface area contributed by atoms with Gasteiger partial charge in [0, 0.05) is 18.3 Å². The first-order valence-corrected chi connectivity index (χ1v) is 5.67. The fourth-order valence-electron chi connectivity index (χ4n) is 1.99. The average Bonchev–Trinajstić information content (AvgIpc) is 2.95. The van der Waals surface area contributed by atoms with Crippen molar-refractivity contribution in [3.8, 4) is 5.82 Å². The highest BCUT2D eigenvalue weighted by Crippen LogP contribution is 2.20. The summed E-state index contributed by atoms with van der Waals surface area (Å²) in [5.41, 5.74) is -1.51. The molecule has 1 aromatic carbocycles. The van der Waals surface area contributed by atoms with Gasteiger partial charge in [0.2, 0.25) is 5.43 Å². The van der Waals surface area contributed by atoms with Gasteiger partial charge in [-0.3, -0.25) is 9.36 Å². The molecular weight excluding hydrogens is 286 g/mol. The molecule has 0 saturated carbocycles. The summed E-state index contributed by atoms with van der Waals surface area (Å²) in [6.45, 7) is 0. The molecule has 3 aromatic rings. The standard InChI is InChI=1S/C13H6F2N2O4/c14-8-3-6-10(4-9(8)15)17(11-1-2-21-16-11)5-7(12(6)18)13(19)20/h1-5H,(H,19,20). The first-order chi connectivity index (χ1) is 9.99. The number of rotatable bonds is 2. The molecule has 21 heavy (non-hydrogen) atoms. The van der Waals surface area contributed by atoms with E-state index in [1.807, 2.05) is 0 Å². The summed E-state index contributed by atoms with van der Waals surface area (Å²) in [5.74, 6) is -3.76. The first kappa shape index (κ1) is 13.0. The lowest BCUT2D eigenvalue weighted by atomic mass is 10.1. The number of halogens is 2. The zero-order valence-electron chi connectivity index (χ0n) is 10.2. The van der Waals surface area contributed by atoms with E-state index in [9.17, 15) is 18.4 Å². The minimum atomic E-state index is -1.48. The second-order valence-electron chi connectivity index (χ2n) is 4.19. The van der Waals surface area contributed by atoms with Gasteiger partial charge in [-0.1, -0.05) is 5.16 Å². The number of aromatic carboxylic acids is 1. The van der Waals surface area contributed by atoms with Crippen LogP contribution in [0.3, 0.4) is 0 Å². The highest BCUT2D eigenvalue weighted by Gasteiger charge is 2.18. The number of hydrogen-bond donors (Lipinski definition) is 1. The molecule has 0 fully saturated rings. The number of pyridine rings is 1. The van der Waals surface area contributed by atoms with Gasteiger partial charge in [-0.15, -0.1) is 0 Å². The highest BCUT2D eigenvalue weighted by molar-refractivity contribution is 5.93. The molecule has 0 aliphatic heterocycles. The average molecular weight is 292 g/mol. The van der Waals surface area contributed by atoms with Gasteiger partial charge in [0.1, 0.15) is 11.8 Å². The normalized spacial score (nSPS) is 11.0. The van der Waals surface area contributed by atoms with Crippen LogP contribution in [-0.2, 0) is 0 Å². The molecule has 2 heterocycles. The fraction of sp³-hybridized carbons (Fsp3) is 0. The molecule has 1 N–H and O–H groups in total. The Labute approximate surface area is 114 Å². The Morgan fingerprint density at radius 3 is 2.62 bits per heavy atom. The zero-order valence-corrected chi connectivity index (χ0v) is 10.2. The van der Waals surface area contributed by atoms with E-state index in [0.717, 1.165) is 16.8 Å². The van der Waals surface area contributed by atoms with Crippen LogP contribution in [0.15, 0.2) is 40.0 Å². The van der Waals surface area contributed by atoms with Crippen molar-refractivity contribution in [1.82, 2.24) is 9.72 Å². The van der Waals surface area contributed by atoms with Crippen LogP contribution in [0.1, 0.15) is 10.4 Å². The Morgan fingerprint density at radius 2 is 2.00 bits per heavy atom. The van der Waals surface area contributed by atoms with Crippen molar-refractivity contribution in [3.63, 3.8) is 0 Å². The van der Waals surface area contributed by atoms with E-state index in [4.69, 9.17) is 5.11 Å². The van der Waals surface area contributed by atoms with Gasteiger partial charge in [-0.25, -0.2) is 13.6 Å². The predicted molar refractivity (Wildman–Crippen MR) is 66.5 cm³/mol. The van der Waals surface area contributed by atoms with Crippen LogP contribution in [0.5, 0.6) is 0 Å². The number of nitrogens with zero attached hydrogens (tertiary/aromatic N) is 2. The van der Waals surface area contributed by atoms with Crippen molar-refractivity contribution in [2.45, 2.75) is 0 Å². The Balaban J connectivity index is 2.51. The summed E-state index contributed by atoms with van der Waals surface area (Å²) in [7, 11) is 0. The number of carboxylic acids is 1.